The molecule has 2 N–H and O–H groups in total. The average Bonchev–Trinajstić information content (AvgIpc) is 3.17. The van der Waals surface area contributed by atoms with E-state index < -0.39 is 16.9 Å². The topological polar surface area (TPSA) is 132 Å². The largest absolute Gasteiger partial charge is 0.342 e. The molecule has 0 spiro atoms. The average molecular weight is 622 g/mol. The number of nitro benzene ring substituents is 1. The van der Waals surface area contributed by atoms with Gasteiger partial charge in [0.15, 0.2) is 11.0 Å². The van der Waals surface area contributed by atoms with Crippen molar-refractivity contribution in [2.24, 2.45) is 13.0 Å². The molecule has 0 bridgehead atoms. The van der Waals surface area contributed by atoms with Crippen LogP contribution in [0.1, 0.15) is 47.2 Å². The number of aryl methyl sites for hydroxylation is 2. The van der Waals surface area contributed by atoms with Crippen LogP contribution in [0, 0.1) is 33.4 Å². The molecule has 36 heavy (non-hydrogen) atoms. The Morgan fingerprint density at radius 1 is 1.17 bits per heavy atom. The van der Waals surface area contributed by atoms with Gasteiger partial charge in [-0.1, -0.05) is 31.7 Å². The van der Waals surface area contributed by atoms with Crippen molar-refractivity contribution in [1.82, 2.24) is 20.1 Å². The maximum absolute atomic E-state index is 12.8. The molecule has 12 heteroatoms. The first-order valence-electron chi connectivity index (χ1n) is 11.1. The molecule has 1 atom stereocenters. The van der Waals surface area contributed by atoms with Crippen LogP contribution in [-0.4, -0.2) is 37.3 Å². The highest BCUT2D eigenvalue weighted by molar-refractivity contribution is 14.1. The van der Waals surface area contributed by atoms with Gasteiger partial charge >= 0.3 is 0 Å². The maximum atomic E-state index is 12.8. The van der Waals surface area contributed by atoms with Gasteiger partial charge in [-0.15, -0.1) is 10.2 Å². The Bertz CT molecular complexity index is 1290. The van der Waals surface area contributed by atoms with Crippen molar-refractivity contribution < 1.29 is 14.5 Å². The molecule has 1 aromatic heterocycles. The van der Waals surface area contributed by atoms with Gasteiger partial charge in [0.2, 0.25) is 5.91 Å². The quantitative estimate of drug-likeness (QED) is 0.152. The highest BCUT2D eigenvalue weighted by atomic mass is 127. The Hall–Kier alpha value is -3.00. The number of amides is 2. The van der Waals surface area contributed by atoms with Crippen molar-refractivity contribution in [3.05, 3.63) is 72.6 Å². The summed E-state index contributed by atoms with van der Waals surface area (Å²) in [7, 11) is 1.78. The molecule has 0 aliphatic heterocycles. The highest BCUT2D eigenvalue weighted by Crippen LogP contribution is 2.26. The van der Waals surface area contributed by atoms with E-state index in [2.05, 4.69) is 43.4 Å². The Balaban J connectivity index is 1.70. The van der Waals surface area contributed by atoms with Crippen LogP contribution in [0.25, 0.3) is 0 Å². The molecule has 190 valence electrons. The zero-order valence-corrected chi connectivity index (χ0v) is 23.5. The number of carbonyl (C=O) groups is 2. The first-order valence-corrected chi connectivity index (χ1v) is 13.2. The van der Waals surface area contributed by atoms with Crippen LogP contribution in [0.4, 0.5) is 11.4 Å². The predicted octanol–water partition coefficient (Wildman–Crippen LogP) is 4.80. The minimum Gasteiger partial charge on any atom is -0.342 e. The van der Waals surface area contributed by atoms with Crippen LogP contribution < -0.4 is 10.6 Å². The van der Waals surface area contributed by atoms with Gasteiger partial charge in [-0.2, -0.15) is 0 Å². The molecule has 0 aliphatic rings. The molecule has 1 heterocycles. The molecule has 3 aromatic rings. The molecular weight excluding hydrogens is 595 g/mol. The molecule has 0 unspecified atom stereocenters. The Morgan fingerprint density at radius 3 is 2.44 bits per heavy atom. The summed E-state index contributed by atoms with van der Waals surface area (Å²) in [5.74, 6) is 0.0246. The van der Waals surface area contributed by atoms with E-state index >= 15 is 0 Å². The van der Waals surface area contributed by atoms with Crippen molar-refractivity contribution in [2.45, 2.75) is 38.9 Å². The second-order valence-electron chi connectivity index (χ2n) is 8.65. The second-order valence-corrected chi connectivity index (χ2v) is 10.8. The summed E-state index contributed by atoms with van der Waals surface area (Å²) in [5.41, 5.74) is 2.83. The van der Waals surface area contributed by atoms with Gasteiger partial charge in [-0.25, -0.2) is 0 Å². The molecule has 2 aromatic carbocycles. The Kier molecular flexibility index (Phi) is 9.06. The van der Waals surface area contributed by atoms with Crippen molar-refractivity contribution >= 4 is 57.5 Å². The van der Waals surface area contributed by atoms with E-state index in [1.54, 1.807) is 11.6 Å². The fraction of sp³-hybridized carbons (Fsp3) is 0.333. The third kappa shape index (κ3) is 6.60. The summed E-state index contributed by atoms with van der Waals surface area (Å²) < 4.78 is 2.86. The zero-order valence-electron chi connectivity index (χ0n) is 20.5. The van der Waals surface area contributed by atoms with Gasteiger partial charge in [-0.3, -0.25) is 19.7 Å². The van der Waals surface area contributed by atoms with Gasteiger partial charge in [0, 0.05) is 34.0 Å². The summed E-state index contributed by atoms with van der Waals surface area (Å²) in [4.78, 5) is 36.0. The maximum Gasteiger partial charge on any atom is 0.270 e. The van der Waals surface area contributed by atoms with Gasteiger partial charge < -0.3 is 15.2 Å². The van der Waals surface area contributed by atoms with E-state index in [9.17, 15) is 19.7 Å². The van der Waals surface area contributed by atoms with Gasteiger partial charge in [0.05, 0.1) is 16.7 Å². The summed E-state index contributed by atoms with van der Waals surface area (Å²) in [6, 6.07) is 9.10. The van der Waals surface area contributed by atoms with Crippen molar-refractivity contribution in [1.29, 1.82) is 0 Å². The number of benzene rings is 2. The van der Waals surface area contributed by atoms with E-state index in [0.29, 0.717) is 11.0 Å². The lowest BCUT2D eigenvalue weighted by molar-refractivity contribution is -0.384. The van der Waals surface area contributed by atoms with E-state index in [0.717, 1.165) is 20.4 Å². The van der Waals surface area contributed by atoms with E-state index in [1.807, 2.05) is 39.8 Å². The van der Waals surface area contributed by atoms with Crippen LogP contribution in [0.15, 0.2) is 41.6 Å². The first kappa shape index (κ1) is 27.6. The molecular formula is C24H27IN6O4S. The number of carbonyl (C=O) groups excluding carboxylic acids is 2. The number of halogens is 1. The molecule has 0 saturated heterocycles. The number of rotatable bonds is 9. The van der Waals surface area contributed by atoms with Gasteiger partial charge in [0.25, 0.3) is 11.6 Å². The second kappa shape index (κ2) is 11.8. The summed E-state index contributed by atoms with van der Waals surface area (Å²) >= 11 is 3.50. The van der Waals surface area contributed by atoms with Crippen molar-refractivity contribution in [2.75, 3.05) is 11.1 Å². The summed E-state index contributed by atoms with van der Waals surface area (Å²) in [6.07, 6.45) is 0. The minimum atomic E-state index is -0.542. The van der Waals surface area contributed by atoms with E-state index in [1.165, 1.54) is 36.0 Å². The number of nitrogens with one attached hydrogen (secondary N) is 2. The van der Waals surface area contributed by atoms with Gasteiger partial charge in [0.1, 0.15) is 0 Å². The normalized spacial score (nSPS) is 11.9. The number of nitro groups is 1. The Morgan fingerprint density at radius 2 is 1.83 bits per heavy atom. The zero-order chi connectivity index (χ0) is 26.6. The highest BCUT2D eigenvalue weighted by Gasteiger charge is 2.26. The van der Waals surface area contributed by atoms with E-state index in [-0.39, 0.29) is 28.8 Å². The van der Waals surface area contributed by atoms with Crippen LogP contribution in [0.5, 0.6) is 0 Å². The van der Waals surface area contributed by atoms with Crippen LogP contribution in [0.2, 0.25) is 0 Å². The fourth-order valence-electron chi connectivity index (χ4n) is 3.65. The number of hydrogen-bond donors (Lipinski definition) is 2. The summed E-state index contributed by atoms with van der Waals surface area (Å²) in [5, 5.41) is 26.0. The number of anilines is 1. The lowest BCUT2D eigenvalue weighted by Crippen LogP contribution is -2.33. The molecule has 0 radical (unpaired) electrons. The fourth-order valence-corrected chi connectivity index (χ4v) is 5.30. The smallest absolute Gasteiger partial charge is 0.270 e. The Labute approximate surface area is 226 Å². The van der Waals surface area contributed by atoms with Crippen molar-refractivity contribution in [3.63, 3.8) is 0 Å². The monoisotopic (exact) mass is 622 g/mol. The number of aromatic nitrogens is 3. The number of thioether (sulfide) groups is 1. The molecule has 3 rings (SSSR count). The first-order chi connectivity index (χ1) is 17.0. The van der Waals surface area contributed by atoms with Gasteiger partial charge in [-0.05, 0) is 71.7 Å². The van der Waals surface area contributed by atoms with E-state index in [4.69, 9.17) is 0 Å². The van der Waals surface area contributed by atoms with Crippen LogP contribution in [-0.2, 0) is 11.8 Å². The molecule has 2 amide bonds. The molecule has 0 aliphatic carbocycles. The van der Waals surface area contributed by atoms with Crippen molar-refractivity contribution in [3.8, 4) is 0 Å². The molecule has 0 fully saturated rings. The third-order valence-electron chi connectivity index (χ3n) is 5.51. The number of nitrogens with zero attached hydrogens (tertiary/aromatic N) is 4. The number of hydrogen-bond acceptors (Lipinski definition) is 7. The predicted molar refractivity (Wildman–Crippen MR) is 147 cm³/mol. The third-order valence-corrected chi connectivity index (χ3v) is 7.16. The van der Waals surface area contributed by atoms with Crippen LogP contribution >= 0.6 is 34.4 Å². The molecule has 0 saturated carbocycles. The summed E-state index contributed by atoms with van der Waals surface area (Å²) in [6.45, 7) is 7.78. The molecule has 10 nitrogen and oxygen atoms in total. The lowest BCUT2D eigenvalue weighted by Gasteiger charge is -2.21. The lowest BCUT2D eigenvalue weighted by atomic mass is 10.0. The minimum absolute atomic E-state index is 0.0384. The SMILES string of the molecule is Cc1cc(I)cc(C)c1NC(=O)CSc1nnc([C@H](NC(=O)c2cccc([N+](=O)[O-])c2)C(C)C)n1C. The van der Waals surface area contributed by atoms with Crippen LogP contribution in [0.3, 0.4) is 0 Å². The number of non-ortho nitro benzene ring substituents is 1. The standard InChI is InChI=1S/C24H27IN6O4S/c1-13(2)20(27-23(33)16-7-6-8-18(11-16)31(34)35)22-28-29-24(30(22)5)36-12-19(32)26-21-14(3)9-17(25)10-15(21)4/h6-11,13,20H,12H2,1-5H3,(H,26,32)(H,27,33)/t20-/m1/s1.